The zero-order valence-corrected chi connectivity index (χ0v) is 10.9. The number of nitrogens with zero attached hydrogens (tertiary/aromatic N) is 1. The summed E-state index contributed by atoms with van der Waals surface area (Å²) in [6.45, 7) is 3.90. The van der Waals surface area contributed by atoms with E-state index in [4.69, 9.17) is 4.52 Å². The highest BCUT2D eigenvalue weighted by molar-refractivity contribution is 5.91. The molecule has 0 spiro atoms. The Morgan fingerprint density at radius 2 is 2.11 bits per heavy atom. The van der Waals surface area contributed by atoms with Gasteiger partial charge in [-0.15, -0.1) is 0 Å². The molecule has 2 rings (SSSR count). The number of hydrogen-bond donors (Lipinski definition) is 0. The lowest BCUT2D eigenvalue weighted by molar-refractivity contribution is 0.0600. The van der Waals surface area contributed by atoms with E-state index in [2.05, 4.69) is 9.89 Å². The molecule has 0 N–H and O–H groups in total. The Morgan fingerprint density at radius 3 is 2.74 bits per heavy atom. The van der Waals surface area contributed by atoms with Crippen LogP contribution in [-0.4, -0.2) is 18.2 Å². The maximum atomic E-state index is 13.6. The van der Waals surface area contributed by atoms with Crippen molar-refractivity contribution in [1.82, 2.24) is 5.16 Å². The van der Waals surface area contributed by atoms with E-state index in [0.717, 1.165) is 6.07 Å². The van der Waals surface area contributed by atoms with Crippen molar-refractivity contribution in [2.75, 3.05) is 7.11 Å². The van der Waals surface area contributed by atoms with Crippen molar-refractivity contribution in [2.24, 2.45) is 0 Å². The minimum absolute atomic E-state index is 0.113. The van der Waals surface area contributed by atoms with Crippen LogP contribution in [0.4, 0.5) is 4.39 Å². The van der Waals surface area contributed by atoms with Gasteiger partial charge in [0.1, 0.15) is 11.6 Å². The van der Waals surface area contributed by atoms with E-state index in [1.165, 1.54) is 19.4 Å². The minimum Gasteiger partial charge on any atom is -0.465 e. The maximum Gasteiger partial charge on any atom is 0.337 e. The highest BCUT2D eigenvalue weighted by atomic mass is 19.1. The highest BCUT2D eigenvalue weighted by Crippen LogP contribution is 2.30. The second-order valence-corrected chi connectivity index (χ2v) is 4.48. The van der Waals surface area contributed by atoms with Gasteiger partial charge < -0.3 is 9.26 Å². The molecule has 0 saturated heterocycles. The smallest absolute Gasteiger partial charge is 0.337 e. The van der Waals surface area contributed by atoms with Gasteiger partial charge in [-0.25, -0.2) is 9.18 Å². The summed E-state index contributed by atoms with van der Waals surface area (Å²) in [5.74, 6) is -0.319. The Kier molecular flexibility index (Phi) is 3.64. The number of methoxy groups -OCH3 is 1. The number of ether oxygens (including phenoxy) is 1. The van der Waals surface area contributed by atoms with Gasteiger partial charge in [-0.05, 0) is 23.8 Å². The van der Waals surface area contributed by atoms with Crippen molar-refractivity contribution < 1.29 is 18.4 Å². The van der Waals surface area contributed by atoms with Crippen molar-refractivity contribution in [2.45, 2.75) is 19.8 Å². The molecule has 0 bridgehead atoms. The molecule has 1 aromatic heterocycles. The number of hydrogen-bond acceptors (Lipinski definition) is 4. The van der Waals surface area contributed by atoms with Crippen LogP contribution < -0.4 is 0 Å². The number of esters is 1. The van der Waals surface area contributed by atoms with Crippen molar-refractivity contribution >= 4 is 5.97 Å². The molecule has 0 fully saturated rings. The molecule has 2 aromatic rings. The fourth-order valence-corrected chi connectivity index (χ4v) is 1.86. The third-order valence-electron chi connectivity index (χ3n) is 2.75. The topological polar surface area (TPSA) is 52.3 Å². The van der Waals surface area contributed by atoms with Gasteiger partial charge in [-0.3, -0.25) is 0 Å². The first kappa shape index (κ1) is 13.3. The zero-order valence-electron chi connectivity index (χ0n) is 10.9. The number of rotatable bonds is 3. The second kappa shape index (κ2) is 5.22. The fourth-order valence-electron chi connectivity index (χ4n) is 1.86. The second-order valence-electron chi connectivity index (χ2n) is 4.48. The largest absolute Gasteiger partial charge is 0.465 e. The van der Waals surface area contributed by atoms with Gasteiger partial charge in [0.2, 0.25) is 0 Å². The van der Waals surface area contributed by atoms with Crippen molar-refractivity contribution in [1.29, 1.82) is 0 Å². The van der Waals surface area contributed by atoms with Crippen LogP contribution in [0, 0.1) is 5.82 Å². The van der Waals surface area contributed by atoms with Gasteiger partial charge in [-0.2, -0.15) is 0 Å². The molecule has 1 heterocycles. The van der Waals surface area contributed by atoms with Gasteiger partial charge in [0.25, 0.3) is 0 Å². The molecule has 4 nitrogen and oxygen atoms in total. The summed E-state index contributed by atoms with van der Waals surface area (Å²) in [4.78, 5) is 11.5. The lowest BCUT2D eigenvalue weighted by Crippen LogP contribution is -2.02. The average Bonchev–Trinajstić information content (AvgIpc) is 2.86. The van der Waals surface area contributed by atoms with E-state index in [0.29, 0.717) is 16.9 Å². The molecule has 0 aliphatic carbocycles. The minimum atomic E-state index is -0.580. The van der Waals surface area contributed by atoms with Gasteiger partial charge in [0.05, 0.1) is 18.9 Å². The molecular weight excluding hydrogens is 249 g/mol. The van der Waals surface area contributed by atoms with Crippen molar-refractivity contribution in [3.05, 3.63) is 41.5 Å². The average molecular weight is 263 g/mol. The lowest BCUT2D eigenvalue weighted by atomic mass is 9.99. The third-order valence-corrected chi connectivity index (χ3v) is 2.75. The molecule has 1 aromatic carbocycles. The first-order valence-corrected chi connectivity index (χ1v) is 5.86. The molecule has 0 amide bonds. The van der Waals surface area contributed by atoms with Crippen LogP contribution >= 0.6 is 0 Å². The van der Waals surface area contributed by atoms with Crippen LogP contribution in [0.15, 0.2) is 28.9 Å². The first-order chi connectivity index (χ1) is 9.02. The SMILES string of the molecule is COC(=O)c1cc(F)cc(-c2cnoc2C(C)C)c1. The summed E-state index contributed by atoms with van der Waals surface area (Å²) in [5.41, 5.74) is 1.39. The number of benzene rings is 1. The Hall–Kier alpha value is -2.17. The predicted octanol–water partition coefficient (Wildman–Crippen LogP) is 3.39. The summed E-state index contributed by atoms with van der Waals surface area (Å²) in [5, 5.41) is 3.73. The maximum absolute atomic E-state index is 13.6. The van der Waals surface area contributed by atoms with E-state index in [1.54, 1.807) is 6.07 Å². The molecular formula is C14H14FNO3. The fraction of sp³-hybridized carbons (Fsp3) is 0.286. The van der Waals surface area contributed by atoms with Crippen LogP contribution in [0.3, 0.4) is 0 Å². The molecule has 0 saturated carbocycles. The molecule has 19 heavy (non-hydrogen) atoms. The van der Waals surface area contributed by atoms with E-state index < -0.39 is 11.8 Å². The van der Waals surface area contributed by atoms with Crippen LogP contribution in [-0.2, 0) is 4.74 Å². The van der Waals surface area contributed by atoms with Gasteiger partial charge in [0, 0.05) is 11.5 Å². The molecule has 5 heteroatoms. The quantitative estimate of drug-likeness (QED) is 0.796. The Balaban J connectivity index is 2.53. The van der Waals surface area contributed by atoms with Crippen LogP contribution in [0.2, 0.25) is 0 Å². The Bertz CT molecular complexity index is 604. The lowest BCUT2D eigenvalue weighted by Gasteiger charge is -2.06. The van der Waals surface area contributed by atoms with Gasteiger partial charge in [0.15, 0.2) is 0 Å². The number of halogens is 1. The van der Waals surface area contributed by atoms with Crippen LogP contribution in [0.25, 0.3) is 11.1 Å². The van der Waals surface area contributed by atoms with E-state index in [1.807, 2.05) is 13.8 Å². The van der Waals surface area contributed by atoms with Crippen molar-refractivity contribution in [3.63, 3.8) is 0 Å². The van der Waals surface area contributed by atoms with Gasteiger partial charge >= 0.3 is 5.97 Å². The van der Waals surface area contributed by atoms with E-state index in [9.17, 15) is 9.18 Å². The highest BCUT2D eigenvalue weighted by Gasteiger charge is 2.17. The summed E-state index contributed by atoms with van der Waals surface area (Å²) in [7, 11) is 1.26. The molecule has 0 atom stereocenters. The van der Waals surface area contributed by atoms with E-state index >= 15 is 0 Å². The molecule has 0 aliphatic rings. The summed E-state index contributed by atoms with van der Waals surface area (Å²) in [6.07, 6.45) is 1.52. The van der Waals surface area contributed by atoms with Crippen LogP contribution in [0.1, 0.15) is 35.9 Å². The summed E-state index contributed by atoms with van der Waals surface area (Å²) < 4.78 is 23.3. The van der Waals surface area contributed by atoms with Crippen LogP contribution in [0.5, 0.6) is 0 Å². The normalized spacial score (nSPS) is 10.8. The standard InChI is InChI=1S/C14H14FNO3/c1-8(2)13-12(7-16-19-13)9-4-10(14(17)18-3)6-11(15)5-9/h4-8H,1-3H3. The first-order valence-electron chi connectivity index (χ1n) is 5.86. The zero-order chi connectivity index (χ0) is 14.0. The molecule has 100 valence electrons. The number of carbonyl (C=O) groups excluding carboxylic acids is 1. The van der Waals surface area contributed by atoms with Crippen molar-refractivity contribution in [3.8, 4) is 11.1 Å². The number of aromatic nitrogens is 1. The number of carbonyl (C=O) groups is 1. The molecule has 0 radical (unpaired) electrons. The molecule has 0 unspecified atom stereocenters. The summed E-state index contributed by atoms with van der Waals surface area (Å²) in [6, 6.07) is 4.04. The monoisotopic (exact) mass is 263 g/mol. The Morgan fingerprint density at radius 1 is 1.37 bits per heavy atom. The third kappa shape index (κ3) is 2.65. The van der Waals surface area contributed by atoms with E-state index in [-0.39, 0.29) is 11.5 Å². The molecule has 0 aliphatic heterocycles. The van der Waals surface area contributed by atoms with Gasteiger partial charge in [-0.1, -0.05) is 19.0 Å². The Labute approximate surface area is 110 Å². The predicted molar refractivity (Wildman–Crippen MR) is 67.3 cm³/mol. The summed E-state index contributed by atoms with van der Waals surface area (Å²) >= 11 is 0.